The quantitative estimate of drug-likeness (QED) is 0.781. The summed E-state index contributed by atoms with van der Waals surface area (Å²) in [7, 11) is 0. The number of amides is 1. The Hall–Kier alpha value is -2.40. The van der Waals surface area contributed by atoms with Crippen molar-refractivity contribution in [2.45, 2.75) is 44.6 Å². The molecule has 1 atom stereocenters. The molecule has 0 saturated heterocycles. The van der Waals surface area contributed by atoms with Gasteiger partial charge in [0.25, 0.3) is 5.91 Å². The van der Waals surface area contributed by atoms with Crippen molar-refractivity contribution in [3.05, 3.63) is 47.1 Å². The van der Waals surface area contributed by atoms with Gasteiger partial charge in [-0.1, -0.05) is 30.2 Å². The molecular weight excluding hydrogens is 376 g/mol. The molecule has 1 heterocycles. The third kappa shape index (κ3) is 4.53. The molecule has 0 spiro atoms. The molecule has 0 bridgehead atoms. The van der Waals surface area contributed by atoms with Crippen LogP contribution < -0.4 is 10.1 Å². The van der Waals surface area contributed by atoms with Gasteiger partial charge in [-0.05, 0) is 55.4 Å². The SMILES string of the molecule is O=C(NC1CCCCC1=O)c1cnc(OCC2CC2)c(-c2ccc(Cl)cc2)c1. The van der Waals surface area contributed by atoms with Crippen LogP contribution in [0.15, 0.2) is 36.5 Å². The average Bonchev–Trinajstić information content (AvgIpc) is 3.53. The molecular formula is C22H23ClN2O3. The van der Waals surface area contributed by atoms with Gasteiger partial charge < -0.3 is 10.1 Å². The number of ketones is 1. The minimum absolute atomic E-state index is 0.106. The number of hydrogen-bond acceptors (Lipinski definition) is 4. The molecule has 2 fully saturated rings. The van der Waals surface area contributed by atoms with Crippen molar-refractivity contribution in [1.82, 2.24) is 10.3 Å². The van der Waals surface area contributed by atoms with Crippen molar-refractivity contribution in [3.8, 4) is 17.0 Å². The van der Waals surface area contributed by atoms with Crippen LogP contribution in [0.4, 0.5) is 0 Å². The summed E-state index contributed by atoms with van der Waals surface area (Å²) in [4.78, 5) is 29.2. The minimum Gasteiger partial charge on any atom is -0.477 e. The number of benzene rings is 1. The summed E-state index contributed by atoms with van der Waals surface area (Å²) >= 11 is 6.01. The number of rotatable bonds is 6. The first kappa shape index (κ1) is 18.9. The fourth-order valence-corrected chi connectivity index (χ4v) is 3.51. The van der Waals surface area contributed by atoms with E-state index in [1.807, 2.05) is 12.1 Å². The van der Waals surface area contributed by atoms with Gasteiger partial charge in [-0.2, -0.15) is 0 Å². The Labute approximate surface area is 169 Å². The fourth-order valence-electron chi connectivity index (χ4n) is 3.39. The average molecular weight is 399 g/mol. The lowest BCUT2D eigenvalue weighted by Gasteiger charge is -2.21. The zero-order chi connectivity index (χ0) is 19.5. The van der Waals surface area contributed by atoms with Crippen molar-refractivity contribution in [2.75, 3.05) is 6.61 Å². The number of carbonyl (C=O) groups excluding carboxylic acids is 2. The predicted octanol–water partition coefficient (Wildman–Crippen LogP) is 4.43. The number of nitrogens with zero attached hydrogens (tertiary/aromatic N) is 1. The van der Waals surface area contributed by atoms with E-state index in [4.69, 9.17) is 16.3 Å². The summed E-state index contributed by atoms with van der Waals surface area (Å²) in [6, 6.07) is 8.75. The van der Waals surface area contributed by atoms with Crippen molar-refractivity contribution in [3.63, 3.8) is 0 Å². The Morgan fingerprint density at radius 1 is 1.18 bits per heavy atom. The molecule has 2 aliphatic rings. The van der Waals surface area contributed by atoms with Gasteiger partial charge in [0, 0.05) is 23.2 Å². The molecule has 4 rings (SSSR count). The molecule has 1 amide bonds. The number of hydrogen-bond donors (Lipinski definition) is 1. The number of nitrogens with one attached hydrogen (secondary N) is 1. The molecule has 6 heteroatoms. The highest BCUT2D eigenvalue weighted by atomic mass is 35.5. The van der Waals surface area contributed by atoms with E-state index >= 15 is 0 Å². The van der Waals surface area contributed by atoms with E-state index in [1.165, 1.54) is 19.0 Å². The highest BCUT2D eigenvalue weighted by Gasteiger charge is 2.26. The van der Waals surface area contributed by atoms with Crippen LogP contribution in [0.2, 0.25) is 5.02 Å². The van der Waals surface area contributed by atoms with Crippen molar-refractivity contribution < 1.29 is 14.3 Å². The van der Waals surface area contributed by atoms with Crippen LogP contribution in [0.3, 0.4) is 0 Å². The van der Waals surface area contributed by atoms with Gasteiger partial charge in [-0.15, -0.1) is 0 Å². The molecule has 0 radical (unpaired) electrons. The van der Waals surface area contributed by atoms with Gasteiger partial charge in [0.15, 0.2) is 5.78 Å². The molecule has 2 saturated carbocycles. The molecule has 1 aromatic heterocycles. The third-order valence-corrected chi connectivity index (χ3v) is 5.53. The lowest BCUT2D eigenvalue weighted by molar-refractivity contribution is -0.122. The van der Waals surface area contributed by atoms with Crippen molar-refractivity contribution >= 4 is 23.3 Å². The Morgan fingerprint density at radius 2 is 1.96 bits per heavy atom. The second-order valence-corrected chi connectivity index (χ2v) is 8.01. The number of ether oxygens (including phenoxy) is 1. The van der Waals surface area contributed by atoms with Crippen LogP contribution in [0.5, 0.6) is 5.88 Å². The number of Topliss-reactive ketones (excluding diaryl/α,β-unsaturated/α-hetero) is 1. The second kappa shape index (κ2) is 8.31. The lowest BCUT2D eigenvalue weighted by Crippen LogP contribution is -2.42. The molecule has 28 heavy (non-hydrogen) atoms. The van der Waals surface area contributed by atoms with Gasteiger partial charge >= 0.3 is 0 Å². The van der Waals surface area contributed by atoms with Gasteiger partial charge in [0.1, 0.15) is 0 Å². The summed E-state index contributed by atoms with van der Waals surface area (Å²) in [6.45, 7) is 0.635. The standard InChI is InChI=1S/C22H23ClN2O3/c23-17-9-7-15(8-10-17)18-11-16(12-24-22(18)28-13-14-5-6-14)21(27)25-19-3-1-2-4-20(19)26/h7-12,14,19H,1-6,13H2,(H,25,27). The van der Waals surface area contributed by atoms with E-state index in [0.717, 1.165) is 24.0 Å². The summed E-state index contributed by atoms with van der Waals surface area (Å²) in [5.41, 5.74) is 2.05. The minimum atomic E-state index is -0.397. The molecule has 0 aliphatic heterocycles. The Bertz CT molecular complexity index is 878. The first-order valence-electron chi connectivity index (χ1n) is 9.82. The third-order valence-electron chi connectivity index (χ3n) is 5.28. The molecule has 5 nitrogen and oxygen atoms in total. The zero-order valence-electron chi connectivity index (χ0n) is 15.6. The molecule has 1 N–H and O–H groups in total. The van der Waals surface area contributed by atoms with Gasteiger partial charge in [-0.3, -0.25) is 9.59 Å². The van der Waals surface area contributed by atoms with E-state index in [0.29, 0.717) is 41.8 Å². The van der Waals surface area contributed by atoms with Crippen LogP contribution >= 0.6 is 11.6 Å². The fraction of sp³-hybridized carbons (Fsp3) is 0.409. The summed E-state index contributed by atoms with van der Waals surface area (Å²) in [5.74, 6) is 0.936. The monoisotopic (exact) mass is 398 g/mol. The second-order valence-electron chi connectivity index (χ2n) is 7.58. The smallest absolute Gasteiger partial charge is 0.253 e. The number of carbonyl (C=O) groups is 2. The Kier molecular flexibility index (Phi) is 5.62. The van der Waals surface area contributed by atoms with E-state index in [2.05, 4.69) is 10.3 Å². The largest absolute Gasteiger partial charge is 0.477 e. The predicted molar refractivity (Wildman–Crippen MR) is 108 cm³/mol. The van der Waals surface area contributed by atoms with Gasteiger partial charge in [-0.25, -0.2) is 4.98 Å². The van der Waals surface area contributed by atoms with E-state index in [-0.39, 0.29) is 11.7 Å². The first-order valence-corrected chi connectivity index (χ1v) is 10.2. The molecule has 2 aliphatic carbocycles. The first-order chi connectivity index (χ1) is 13.6. The maximum Gasteiger partial charge on any atom is 0.253 e. The lowest BCUT2D eigenvalue weighted by atomic mass is 9.94. The van der Waals surface area contributed by atoms with E-state index in [1.54, 1.807) is 18.2 Å². The Morgan fingerprint density at radius 3 is 2.68 bits per heavy atom. The molecule has 2 aromatic rings. The van der Waals surface area contributed by atoms with Crippen LogP contribution in [-0.2, 0) is 4.79 Å². The number of halogens is 1. The maximum absolute atomic E-state index is 12.7. The summed E-state index contributed by atoms with van der Waals surface area (Å²) < 4.78 is 5.92. The summed E-state index contributed by atoms with van der Waals surface area (Å²) in [5, 5.41) is 3.50. The van der Waals surface area contributed by atoms with E-state index in [9.17, 15) is 9.59 Å². The van der Waals surface area contributed by atoms with Crippen LogP contribution in [0.1, 0.15) is 48.9 Å². The highest BCUT2D eigenvalue weighted by molar-refractivity contribution is 6.30. The van der Waals surface area contributed by atoms with Gasteiger partial charge in [0.2, 0.25) is 5.88 Å². The van der Waals surface area contributed by atoms with Crippen LogP contribution in [0, 0.1) is 5.92 Å². The van der Waals surface area contributed by atoms with Crippen LogP contribution in [-0.4, -0.2) is 29.3 Å². The van der Waals surface area contributed by atoms with Crippen molar-refractivity contribution in [1.29, 1.82) is 0 Å². The van der Waals surface area contributed by atoms with Crippen molar-refractivity contribution in [2.24, 2.45) is 5.92 Å². The number of aromatic nitrogens is 1. The highest BCUT2D eigenvalue weighted by Crippen LogP contribution is 2.33. The van der Waals surface area contributed by atoms with Crippen LogP contribution in [0.25, 0.3) is 11.1 Å². The zero-order valence-corrected chi connectivity index (χ0v) is 16.4. The topological polar surface area (TPSA) is 68.3 Å². The van der Waals surface area contributed by atoms with Gasteiger partial charge in [0.05, 0.1) is 18.2 Å². The molecule has 146 valence electrons. The normalized spacial score (nSPS) is 19.3. The molecule has 1 aromatic carbocycles. The van der Waals surface area contributed by atoms with E-state index < -0.39 is 6.04 Å². The maximum atomic E-state index is 12.7. The number of pyridine rings is 1. The summed E-state index contributed by atoms with van der Waals surface area (Å²) in [6.07, 6.45) is 6.99. The molecule has 1 unspecified atom stereocenters. The Balaban J connectivity index is 1.58.